The Bertz CT molecular complexity index is 490. The van der Waals surface area contributed by atoms with Crippen LogP contribution in [0.1, 0.15) is 155 Å². The van der Waals surface area contributed by atoms with Gasteiger partial charge in [0.2, 0.25) is 0 Å². The zero-order chi connectivity index (χ0) is 27.3. The summed E-state index contributed by atoms with van der Waals surface area (Å²) in [5.74, 6) is -3.58. The van der Waals surface area contributed by atoms with Crippen molar-refractivity contribution in [3.8, 4) is 0 Å². The Morgan fingerprint density at radius 3 is 0.895 bits per heavy atom. The Kier molecular flexibility index (Phi) is 44.4. The van der Waals surface area contributed by atoms with E-state index in [0.29, 0.717) is 12.8 Å². The van der Waals surface area contributed by atoms with Gasteiger partial charge < -0.3 is 30.6 Å². The van der Waals surface area contributed by atoms with E-state index in [0.717, 1.165) is 38.1 Å². The van der Waals surface area contributed by atoms with Crippen molar-refractivity contribution < 1.29 is 78.9 Å². The van der Waals surface area contributed by atoms with Crippen molar-refractivity contribution in [3.05, 3.63) is 0 Å². The zero-order valence-corrected chi connectivity index (χ0v) is 29.5. The minimum absolute atomic E-state index is 0. The second-order valence-electron chi connectivity index (χ2n) is 10.1. The van der Waals surface area contributed by atoms with Crippen molar-refractivity contribution in [2.24, 2.45) is 11.8 Å². The van der Waals surface area contributed by atoms with E-state index in [4.69, 9.17) is 10.8 Å². The van der Waals surface area contributed by atoms with Crippen molar-refractivity contribution in [1.82, 2.24) is 0 Å². The number of unbranched alkanes of at least 4 members (excludes halogenated alkanes) is 18. The number of carboxylic acid groups (broad SMARTS) is 2. The molecule has 0 saturated carbocycles. The first-order valence-corrected chi connectivity index (χ1v) is 14.9. The number of nitrogens with one attached hydrogen (secondary N) is 2. The molecule has 212 valence electrons. The molecule has 0 radical (unpaired) electrons. The van der Waals surface area contributed by atoms with Gasteiger partial charge in [-0.3, -0.25) is 0 Å². The van der Waals surface area contributed by atoms with Crippen LogP contribution in [0, 0.1) is 22.7 Å². The van der Waals surface area contributed by atoms with Crippen LogP contribution in [0.15, 0.2) is 0 Å². The number of hydrogen-bond donors (Lipinski definition) is 2. The van der Waals surface area contributed by atoms with Gasteiger partial charge in [0.15, 0.2) is 0 Å². The van der Waals surface area contributed by atoms with E-state index < -0.39 is 23.8 Å². The van der Waals surface area contributed by atoms with E-state index in [9.17, 15) is 19.8 Å². The molecule has 0 aromatic rings. The Labute approximate surface area is 278 Å². The van der Waals surface area contributed by atoms with Gasteiger partial charge in [0.1, 0.15) is 0 Å². The molecule has 0 rings (SSSR count). The van der Waals surface area contributed by atoms with Gasteiger partial charge in [-0.1, -0.05) is 142 Å². The topological polar surface area (TPSA) is 128 Å². The van der Waals surface area contributed by atoms with Crippen molar-refractivity contribution in [3.63, 3.8) is 0 Å². The fourth-order valence-electron chi connectivity index (χ4n) is 4.24. The van der Waals surface area contributed by atoms with E-state index >= 15 is 0 Å². The predicted molar refractivity (Wildman–Crippen MR) is 147 cm³/mol. The van der Waals surface area contributed by atoms with Crippen LogP contribution < -0.4 is 69.3 Å². The molecule has 2 unspecified atom stereocenters. The van der Waals surface area contributed by atoms with Gasteiger partial charge in [-0.2, -0.15) is 0 Å². The van der Waals surface area contributed by atoms with Gasteiger partial charge in [0.05, 0.1) is 0 Å². The van der Waals surface area contributed by atoms with E-state index in [1.165, 1.54) is 103 Å². The smallest absolute Gasteiger partial charge is 0.549 e. The molecule has 0 heterocycles. The minimum Gasteiger partial charge on any atom is -0.549 e. The molecule has 0 aliphatic heterocycles. The van der Waals surface area contributed by atoms with Gasteiger partial charge in [0.25, 0.3) is 0 Å². The fraction of sp³-hybridized carbons (Fsp3) is 0.867. The van der Waals surface area contributed by atoms with Crippen LogP contribution in [0.2, 0.25) is 0 Å². The standard InChI is InChI=1S/2C15H29NO2.2Na/c2*1-2-3-4-5-6-7-8-9-10-11-12-14(13-16)15(17)18;;/h2*13-14,16H,2-12H2,1H3,(H,17,18);;/q;;2*+1/p-2. The van der Waals surface area contributed by atoms with Gasteiger partial charge in [-0.15, -0.1) is 0 Å². The number of carbonyl (C=O) groups excluding carboxylic acids is 2. The molecule has 6 nitrogen and oxygen atoms in total. The molecular weight excluding hydrogens is 498 g/mol. The number of aliphatic carboxylic acids is 2. The number of carboxylic acids is 2. The van der Waals surface area contributed by atoms with Gasteiger partial charge in [-0.05, 0) is 12.8 Å². The average molecular weight is 555 g/mol. The maximum Gasteiger partial charge on any atom is 1.00 e. The third kappa shape index (κ3) is 34.3. The van der Waals surface area contributed by atoms with Crippen LogP contribution in [0.3, 0.4) is 0 Å². The molecule has 0 aliphatic rings. The SMILES string of the molecule is CCCCCCCCCCCCC(C=N)C(=O)[O-].CCCCCCCCCCCCC(C=N)C(=O)[O-].[Na+].[Na+]. The van der Waals surface area contributed by atoms with Crippen LogP contribution in [0.5, 0.6) is 0 Å². The predicted octanol–water partition coefficient (Wildman–Crippen LogP) is 0.634. The first-order valence-electron chi connectivity index (χ1n) is 14.9. The monoisotopic (exact) mass is 554 g/mol. The number of carbonyl (C=O) groups is 2. The van der Waals surface area contributed by atoms with Crippen LogP contribution >= 0.6 is 0 Å². The molecule has 0 bridgehead atoms. The maximum absolute atomic E-state index is 10.6. The summed E-state index contributed by atoms with van der Waals surface area (Å²) in [6.45, 7) is 4.46. The Hall–Kier alpha value is 0.280. The molecule has 0 saturated heterocycles. The molecule has 2 N–H and O–H groups in total. The molecule has 0 amide bonds. The molecule has 8 heteroatoms. The molecule has 2 atom stereocenters. The van der Waals surface area contributed by atoms with E-state index in [1.807, 2.05) is 0 Å². The van der Waals surface area contributed by atoms with Crippen molar-refractivity contribution >= 4 is 24.4 Å². The molecule has 0 aromatic carbocycles. The summed E-state index contributed by atoms with van der Waals surface area (Å²) in [5.41, 5.74) is 0. The van der Waals surface area contributed by atoms with Crippen LogP contribution in [-0.2, 0) is 9.59 Å². The summed E-state index contributed by atoms with van der Waals surface area (Å²) >= 11 is 0. The summed E-state index contributed by atoms with van der Waals surface area (Å²) < 4.78 is 0. The number of rotatable bonds is 26. The fourth-order valence-corrected chi connectivity index (χ4v) is 4.24. The molecule has 0 aliphatic carbocycles. The Morgan fingerprint density at radius 2 is 0.711 bits per heavy atom. The van der Waals surface area contributed by atoms with Gasteiger partial charge >= 0.3 is 59.1 Å². The molecular formula is C30H56N2Na2O4. The molecule has 0 spiro atoms. The Morgan fingerprint density at radius 1 is 0.500 bits per heavy atom. The zero-order valence-electron chi connectivity index (χ0n) is 25.5. The summed E-state index contributed by atoms with van der Waals surface area (Å²) in [6.07, 6.45) is 27.9. The van der Waals surface area contributed by atoms with E-state index in [1.54, 1.807) is 0 Å². The molecule has 0 aromatic heterocycles. The van der Waals surface area contributed by atoms with E-state index in [-0.39, 0.29) is 59.1 Å². The van der Waals surface area contributed by atoms with Crippen molar-refractivity contribution in [1.29, 1.82) is 10.8 Å². The first-order chi connectivity index (χ1) is 17.4. The summed E-state index contributed by atoms with van der Waals surface area (Å²) in [6, 6.07) is 0. The minimum atomic E-state index is -1.11. The second-order valence-corrected chi connectivity index (χ2v) is 10.1. The largest absolute Gasteiger partial charge is 1.00 e. The average Bonchev–Trinajstić information content (AvgIpc) is 2.86. The normalized spacial score (nSPS) is 11.6. The van der Waals surface area contributed by atoms with Crippen LogP contribution in [-0.4, -0.2) is 24.4 Å². The summed E-state index contributed by atoms with van der Waals surface area (Å²) in [7, 11) is 0. The van der Waals surface area contributed by atoms with Crippen molar-refractivity contribution in [2.75, 3.05) is 0 Å². The van der Waals surface area contributed by atoms with Crippen molar-refractivity contribution in [2.45, 2.75) is 155 Å². The third-order valence-electron chi connectivity index (χ3n) is 6.75. The quantitative estimate of drug-likeness (QED) is 0.0924. The molecule has 38 heavy (non-hydrogen) atoms. The first kappa shape index (κ1) is 45.3. The van der Waals surface area contributed by atoms with Gasteiger partial charge in [-0.25, -0.2) is 0 Å². The summed E-state index contributed by atoms with van der Waals surface area (Å²) in [4.78, 5) is 21.1. The summed E-state index contributed by atoms with van der Waals surface area (Å²) in [5, 5.41) is 35.1. The van der Waals surface area contributed by atoms with Gasteiger partial charge in [0, 0.05) is 36.2 Å². The maximum atomic E-state index is 10.6. The Balaban J connectivity index is -0.000000289. The molecule has 0 fully saturated rings. The van der Waals surface area contributed by atoms with Crippen LogP contribution in [0.4, 0.5) is 0 Å². The second kappa shape index (κ2) is 37.3. The number of hydrogen-bond acceptors (Lipinski definition) is 6. The third-order valence-corrected chi connectivity index (χ3v) is 6.75. The van der Waals surface area contributed by atoms with Crippen LogP contribution in [0.25, 0.3) is 0 Å². The van der Waals surface area contributed by atoms with E-state index in [2.05, 4.69) is 13.8 Å².